The average Bonchev–Trinajstić information content (AvgIpc) is 3.23. The van der Waals surface area contributed by atoms with Crippen LogP contribution in [0.3, 0.4) is 0 Å². The Hall–Kier alpha value is -2.02. The van der Waals surface area contributed by atoms with Gasteiger partial charge in [0, 0.05) is 61.3 Å². The fourth-order valence-corrected chi connectivity index (χ4v) is 5.04. The molecule has 6 atom stereocenters. The molecule has 0 spiro atoms. The topological polar surface area (TPSA) is 297 Å². The van der Waals surface area contributed by atoms with E-state index in [0.717, 1.165) is 50.8 Å². The highest BCUT2D eigenvalue weighted by Crippen LogP contribution is 2.20. The molecule has 62 heavy (non-hydrogen) atoms. The number of ether oxygens (including phenoxy) is 2. The first-order valence-electron chi connectivity index (χ1n) is 21.3. The lowest BCUT2D eigenvalue weighted by molar-refractivity contribution is -0.129. The number of unbranched alkanes of at least 4 members (excludes halogenated alkanes) is 2. The van der Waals surface area contributed by atoms with Crippen LogP contribution in [-0.4, -0.2) is 146 Å². The number of nitrogens with one attached hydrogen (secondary N) is 6. The van der Waals surface area contributed by atoms with Crippen molar-refractivity contribution in [3.63, 3.8) is 0 Å². The van der Waals surface area contributed by atoms with Crippen molar-refractivity contribution in [1.29, 1.82) is 0 Å². The van der Waals surface area contributed by atoms with Crippen LogP contribution < -0.4 is 54.8 Å². The van der Waals surface area contributed by atoms with Crippen LogP contribution in [0.5, 0.6) is 0 Å². The molecule has 0 rings (SSSR count). The third-order valence-corrected chi connectivity index (χ3v) is 10.2. The number of thiol groups is 4. The standard InChI is InChI=1S/C21H42N4O5S.C11H23N3O2S.C5H12N2OS.C3H9NS/c1-6-17(25-18(27)16(22)14-31)19(28)24-11-13-30-21(4,5)9-12-29-20(2,3)8-7-10-23-15-26;1-9(14-11(16)10(12)7-17)5-3-2-4-6-13-8-15;1-2-7-5(8)4(6)3-9;1-3(4)2-5/h15-17,31H,6-14,22H2,1-5H3,(H,23,26)(H,24,28)(H,25,27);8-10,17H,2-7,12H2,1H3,(H,13,15)(H,14,16);4,9H,2-3,6H2,1H3,(H,7,8);3,5H,2,4H2,1H3. The van der Waals surface area contributed by atoms with Gasteiger partial charge < -0.3 is 64.3 Å². The molecule has 6 amide bonds. The monoisotopic (exact) mass is 963 g/mol. The van der Waals surface area contributed by atoms with Crippen molar-refractivity contribution in [1.82, 2.24) is 31.9 Å². The van der Waals surface area contributed by atoms with Crippen molar-refractivity contribution >= 4 is 87.0 Å². The summed E-state index contributed by atoms with van der Waals surface area (Å²) in [4.78, 5) is 66.5. The number of hydrogen-bond acceptors (Lipinski definition) is 16. The minimum Gasteiger partial charge on any atom is -0.375 e. The fourth-order valence-electron chi connectivity index (χ4n) is 4.54. The van der Waals surface area contributed by atoms with Crippen LogP contribution >= 0.6 is 50.5 Å². The second kappa shape index (κ2) is 42.9. The van der Waals surface area contributed by atoms with Gasteiger partial charge in [0.25, 0.3) is 0 Å². The molecule has 0 aliphatic carbocycles. The second-order valence-corrected chi connectivity index (χ2v) is 17.1. The number of amides is 6. The van der Waals surface area contributed by atoms with Gasteiger partial charge in [-0.3, -0.25) is 28.8 Å². The second-order valence-electron chi connectivity index (χ2n) is 15.7. The van der Waals surface area contributed by atoms with Crippen LogP contribution in [0.4, 0.5) is 0 Å². The lowest BCUT2D eigenvalue weighted by atomic mass is 10.0. The van der Waals surface area contributed by atoms with E-state index in [1.54, 1.807) is 0 Å². The zero-order valence-corrected chi connectivity index (χ0v) is 42.3. The van der Waals surface area contributed by atoms with Gasteiger partial charge in [0.2, 0.25) is 36.4 Å². The lowest BCUT2D eigenvalue weighted by Crippen LogP contribution is -2.52. The third-order valence-electron chi connectivity index (χ3n) is 8.49. The van der Waals surface area contributed by atoms with Crippen molar-refractivity contribution < 1.29 is 38.2 Å². The Bertz CT molecular complexity index is 1170. The molecule has 0 radical (unpaired) electrons. The molecule has 0 fully saturated rings. The van der Waals surface area contributed by atoms with Crippen LogP contribution in [0.2, 0.25) is 0 Å². The smallest absolute Gasteiger partial charge is 0.242 e. The van der Waals surface area contributed by atoms with Gasteiger partial charge >= 0.3 is 0 Å². The highest BCUT2D eigenvalue weighted by atomic mass is 32.1. The van der Waals surface area contributed by atoms with Gasteiger partial charge in [0.05, 0.1) is 42.5 Å². The van der Waals surface area contributed by atoms with Crippen molar-refractivity contribution in [2.45, 2.75) is 154 Å². The molecule has 368 valence electrons. The molecule has 18 nitrogen and oxygen atoms in total. The van der Waals surface area contributed by atoms with Gasteiger partial charge in [0.1, 0.15) is 6.04 Å². The molecule has 0 aliphatic heterocycles. The number of carbonyl (C=O) groups excluding carboxylic acids is 6. The number of likely N-dealkylation sites (N-methyl/N-ethyl adjacent to an activating group) is 1. The summed E-state index contributed by atoms with van der Waals surface area (Å²) in [5.74, 6) is 0.810. The van der Waals surface area contributed by atoms with Gasteiger partial charge in [-0.25, -0.2) is 0 Å². The van der Waals surface area contributed by atoms with E-state index in [4.69, 9.17) is 32.4 Å². The summed E-state index contributed by atoms with van der Waals surface area (Å²) in [5.41, 5.74) is 21.0. The van der Waals surface area contributed by atoms with Gasteiger partial charge in [-0.15, -0.1) is 0 Å². The average molecular weight is 963 g/mol. The van der Waals surface area contributed by atoms with Crippen molar-refractivity contribution in [2.24, 2.45) is 22.9 Å². The van der Waals surface area contributed by atoms with E-state index in [1.165, 1.54) is 0 Å². The number of nitrogens with two attached hydrogens (primary N) is 4. The maximum atomic E-state index is 12.3. The van der Waals surface area contributed by atoms with Crippen LogP contribution in [0, 0.1) is 0 Å². The number of hydrogen-bond donors (Lipinski definition) is 14. The zero-order chi connectivity index (χ0) is 48.6. The minimum atomic E-state index is -0.741. The lowest BCUT2D eigenvalue weighted by Gasteiger charge is -2.30. The summed E-state index contributed by atoms with van der Waals surface area (Å²) in [7, 11) is 0. The molecule has 6 unspecified atom stereocenters. The fraction of sp³-hybridized carbons (Fsp3) is 0.850. The Labute approximate surface area is 394 Å². The Kier molecular flexibility index (Phi) is 46.1. The molecular weight excluding hydrogens is 877 g/mol. The van der Waals surface area contributed by atoms with E-state index in [0.29, 0.717) is 70.0 Å². The molecule has 0 aromatic rings. The van der Waals surface area contributed by atoms with E-state index in [-0.39, 0.29) is 41.2 Å². The maximum absolute atomic E-state index is 12.3. The molecule has 0 aromatic carbocycles. The van der Waals surface area contributed by atoms with E-state index in [9.17, 15) is 28.8 Å². The molecular formula is C40H86N10O8S4. The van der Waals surface area contributed by atoms with Crippen LogP contribution in [0.15, 0.2) is 0 Å². The summed E-state index contributed by atoms with van der Waals surface area (Å²) >= 11 is 15.7. The molecule has 22 heteroatoms. The van der Waals surface area contributed by atoms with Gasteiger partial charge in [-0.05, 0) is 87.0 Å². The molecule has 0 saturated heterocycles. The van der Waals surface area contributed by atoms with Crippen molar-refractivity contribution in [3.8, 4) is 0 Å². The van der Waals surface area contributed by atoms with Crippen molar-refractivity contribution in [3.05, 3.63) is 0 Å². The summed E-state index contributed by atoms with van der Waals surface area (Å²) < 4.78 is 11.9. The summed E-state index contributed by atoms with van der Waals surface area (Å²) in [6.07, 6.45) is 8.23. The Morgan fingerprint density at radius 2 is 1.06 bits per heavy atom. The summed E-state index contributed by atoms with van der Waals surface area (Å²) in [6.45, 7) is 18.8. The van der Waals surface area contributed by atoms with Gasteiger partial charge in [0.15, 0.2) is 0 Å². The highest BCUT2D eigenvalue weighted by molar-refractivity contribution is 7.80. The Balaban J connectivity index is -0.000000448. The number of rotatable bonds is 32. The predicted molar refractivity (Wildman–Crippen MR) is 265 cm³/mol. The molecule has 14 N–H and O–H groups in total. The first-order chi connectivity index (χ1) is 29.1. The predicted octanol–water partition coefficient (Wildman–Crippen LogP) is 0.459. The van der Waals surface area contributed by atoms with Crippen LogP contribution in [-0.2, 0) is 38.2 Å². The van der Waals surface area contributed by atoms with Gasteiger partial charge in [-0.1, -0.05) is 19.8 Å². The maximum Gasteiger partial charge on any atom is 0.242 e. The van der Waals surface area contributed by atoms with Crippen LogP contribution in [0.25, 0.3) is 0 Å². The molecule has 0 aliphatic rings. The van der Waals surface area contributed by atoms with E-state index in [1.807, 2.05) is 55.4 Å². The zero-order valence-electron chi connectivity index (χ0n) is 38.7. The Morgan fingerprint density at radius 1 is 0.597 bits per heavy atom. The Morgan fingerprint density at radius 3 is 1.53 bits per heavy atom. The van der Waals surface area contributed by atoms with Crippen LogP contribution in [0.1, 0.15) is 107 Å². The van der Waals surface area contributed by atoms with E-state index < -0.39 is 35.7 Å². The SMILES string of the molecule is CC(CCCCCNC=O)NC(=O)C(N)CS.CC(N)CS.CCC(NC(=O)C(N)CS)C(=O)NCCOC(C)(C)CCOC(C)(C)CCCNC=O.CCNC(=O)C(N)CS. The van der Waals surface area contributed by atoms with Crippen molar-refractivity contribution in [2.75, 3.05) is 62.4 Å². The first-order valence-corrected chi connectivity index (χ1v) is 23.9. The normalized spacial score (nSPS) is 13.8. The van der Waals surface area contributed by atoms with E-state index in [2.05, 4.69) is 82.4 Å². The first kappa shape index (κ1) is 66.6. The highest BCUT2D eigenvalue weighted by Gasteiger charge is 2.24. The summed E-state index contributed by atoms with van der Waals surface area (Å²) in [6, 6.07) is -1.99. The van der Waals surface area contributed by atoms with Gasteiger partial charge in [-0.2, -0.15) is 50.5 Å². The molecule has 0 aromatic heterocycles. The quantitative estimate of drug-likeness (QED) is 0.0249. The molecule has 0 bridgehead atoms. The molecule has 0 heterocycles. The molecule has 0 saturated carbocycles. The number of carbonyl (C=O) groups is 6. The largest absolute Gasteiger partial charge is 0.375 e. The van der Waals surface area contributed by atoms with E-state index >= 15 is 0 Å². The third kappa shape index (κ3) is 43.2. The minimum absolute atomic E-state index is 0.132. The summed E-state index contributed by atoms with van der Waals surface area (Å²) in [5, 5.41) is 16.1.